The van der Waals surface area contributed by atoms with Gasteiger partial charge in [0.2, 0.25) is 0 Å². The maximum absolute atomic E-state index is 6.40. The number of benzene rings is 2. The van der Waals surface area contributed by atoms with Crippen LogP contribution in [0, 0.1) is 0 Å². The van der Waals surface area contributed by atoms with Crippen molar-refractivity contribution in [2.45, 2.75) is 19.6 Å². The number of hydrogen-bond acceptors (Lipinski definition) is 4. The Morgan fingerprint density at radius 2 is 1.76 bits per heavy atom. The summed E-state index contributed by atoms with van der Waals surface area (Å²) in [5.74, 6) is 1.26. The Balaban J connectivity index is 2.01. The van der Waals surface area contributed by atoms with Crippen LogP contribution < -0.4 is 20.1 Å². The smallest absolute Gasteiger partial charge is 0.163 e. The Labute approximate surface area is 159 Å². The first-order valence-electron chi connectivity index (χ1n) is 8.23. The third-order valence-electron chi connectivity index (χ3n) is 3.77. The van der Waals surface area contributed by atoms with Gasteiger partial charge in [0.25, 0.3) is 0 Å². The van der Waals surface area contributed by atoms with E-state index in [1.807, 2.05) is 37.4 Å². The summed E-state index contributed by atoms with van der Waals surface area (Å²) in [6.07, 6.45) is 1.06. The van der Waals surface area contributed by atoms with Gasteiger partial charge < -0.3 is 20.1 Å². The van der Waals surface area contributed by atoms with E-state index in [1.54, 1.807) is 13.2 Å². The average molecular weight is 383 g/mol. The highest BCUT2D eigenvalue weighted by Gasteiger charge is 2.11. The van der Waals surface area contributed by atoms with Crippen LogP contribution in [0.3, 0.4) is 0 Å². The lowest BCUT2D eigenvalue weighted by Crippen LogP contribution is -2.19. The van der Waals surface area contributed by atoms with E-state index < -0.39 is 0 Å². The molecule has 2 aromatic rings. The second-order valence-corrected chi connectivity index (χ2v) is 6.42. The monoisotopic (exact) mass is 382 g/mol. The fourth-order valence-electron chi connectivity index (χ4n) is 2.37. The third kappa shape index (κ3) is 6.08. The zero-order valence-corrected chi connectivity index (χ0v) is 16.1. The van der Waals surface area contributed by atoms with Gasteiger partial charge in [-0.3, -0.25) is 0 Å². The Hall–Kier alpha value is -1.46. The van der Waals surface area contributed by atoms with Gasteiger partial charge >= 0.3 is 0 Å². The fourth-order valence-corrected chi connectivity index (χ4v) is 2.78. The van der Waals surface area contributed by atoms with Crippen molar-refractivity contribution in [1.82, 2.24) is 10.6 Å². The lowest BCUT2D eigenvalue weighted by Gasteiger charge is -2.15. The lowest BCUT2D eigenvalue weighted by atomic mass is 10.2. The minimum Gasteiger partial charge on any atom is -0.493 e. The van der Waals surface area contributed by atoms with Crippen LogP contribution in [-0.2, 0) is 13.2 Å². The molecule has 6 heteroatoms. The van der Waals surface area contributed by atoms with Gasteiger partial charge in [0.15, 0.2) is 11.5 Å². The molecule has 0 spiro atoms. The largest absolute Gasteiger partial charge is 0.493 e. The summed E-state index contributed by atoms with van der Waals surface area (Å²) in [5, 5.41) is 7.82. The van der Waals surface area contributed by atoms with Crippen LogP contribution in [0.4, 0.5) is 0 Å². The molecule has 0 saturated heterocycles. The average Bonchev–Trinajstić information content (AvgIpc) is 2.62. The zero-order valence-electron chi connectivity index (χ0n) is 14.6. The van der Waals surface area contributed by atoms with Crippen molar-refractivity contribution in [3.63, 3.8) is 0 Å². The van der Waals surface area contributed by atoms with Crippen LogP contribution >= 0.6 is 23.2 Å². The standard InChI is InChI=1S/C19H24Cl2N2O2/c1-22-8-5-9-23-12-15-10-18(24-2)19(11-17(15)21)25-13-14-6-3-4-7-16(14)20/h3-4,6-7,10-11,22-23H,5,8-9,12-13H2,1-2H3. The molecule has 0 amide bonds. The molecule has 0 aliphatic carbocycles. The van der Waals surface area contributed by atoms with Gasteiger partial charge in [-0.15, -0.1) is 0 Å². The molecule has 0 saturated carbocycles. The minimum absolute atomic E-state index is 0.355. The lowest BCUT2D eigenvalue weighted by molar-refractivity contribution is 0.284. The van der Waals surface area contributed by atoms with Crippen LogP contribution in [0.5, 0.6) is 11.5 Å². The second-order valence-electron chi connectivity index (χ2n) is 5.61. The molecule has 0 atom stereocenters. The third-order valence-corrected chi connectivity index (χ3v) is 4.49. The van der Waals surface area contributed by atoms with E-state index >= 15 is 0 Å². The van der Waals surface area contributed by atoms with Gasteiger partial charge in [0.05, 0.1) is 7.11 Å². The molecule has 0 aliphatic heterocycles. The van der Waals surface area contributed by atoms with E-state index in [2.05, 4.69) is 10.6 Å². The highest BCUT2D eigenvalue weighted by molar-refractivity contribution is 6.31. The molecule has 136 valence electrons. The topological polar surface area (TPSA) is 42.5 Å². The molecule has 0 heterocycles. The number of hydrogen-bond donors (Lipinski definition) is 2. The summed E-state index contributed by atoms with van der Waals surface area (Å²) in [6.45, 7) is 2.95. The molecule has 0 unspecified atom stereocenters. The molecule has 0 bridgehead atoms. The van der Waals surface area contributed by atoms with Gasteiger partial charge in [-0.05, 0) is 44.3 Å². The number of methoxy groups -OCH3 is 1. The van der Waals surface area contributed by atoms with E-state index in [1.165, 1.54) is 0 Å². The van der Waals surface area contributed by atoms with Crippen LogP contribution in [0.25, 0.3) is 0 Å². The molecular weight excluding hydrogens is 359 g/mol. The summed E-state index contributed by atoms with van der Waals surface area (Å²) >= 11 is 12.6. The maximum atomic E-state index is 6.40. The van der Waals surface area contributed by atoms with E-state index in [0.717, 1.165) is 30.6 Å². The first-order chi connectivity index (χ1) is 12.2. The van der Waals surface area contributed by atoms with Gasteiger partial charge in [-0.2, -0.15) is 0 Å². The van der Waals surface area contributed by atoms with Crippen LogP contribution in [0.15, 0.2) is 36.4 Å². The summed E-state index contributed by atoms with van der Waals surface area (Å²) in [7, 11) is 3.57. The number of rotatable bonds is 10. The molecule has 0 fully saturated rings. The van der Waals surface area contributed by atoms with Crippen LogP contribution in [0.2, 0.25) is 10.0 Å². The Morgan fingerprint density at radius 3 is 2.48 bits per heavy atom. The summed E-state index contributed by atoms with van der Waals surface area (Å²) in [6, 6.07) is 11.3. The van der Waals surface area contributed by atoms with Gasteiger partial charge in [-0.25, -0.2) is 0 Å². The molecule has 2 N–H and O–H groups in total. The highest BCUT2D eigenvalue weighted by atomic mass is 35.5. The minimum atomic E-state index is 0.355. The van der Waals surface area contributed by atoms with Crippen LogP contribution in [-0.4, -0.2) is 27.2 Å². The van der Waals surface area contributed by atoms with Crippen LogP contribution in [0.1, 0.15) is 17.5 Å². The molecule has 2 rings (SSSR count). The molecule has 2 aromatic carbocycles. The Bertz CT molecular complexity index is 680. The Morgan fingerprint density at radius 1 is 0.960 bits per heavy atom. The fraction of sp³-hybridized carbons (Fsp3) is 0.368. The normalized spacial score (nSPS) is 10.7. The molecule has 0 radical (unpaired) electrons. The van der Waals surface area contributed by atoms with Crippen molar-refractivity contribution in [2.24, 2.45) is 0 Å². The van der Waals surface area contributed by atoms with Crippen molar-refractivity contribution in [3.05, 3.63) is 57.6 Å². The van der Waals surface area contributed by atoms with E-state index in [9.17, 15) is 0 Å². The van der Waals surface area contributed by atoms with Crippen molar-refractivity contribution in [2.75, 3.05) is 27.2 Å². The molecule has 0 aromatic heterocycles. The van der Waals surface area contributed by atoms with Gasteiger partial charge in [0, 0.05) is 28.2 Å². The molecule has 0 aliphatic rings. The predicted molar refractivity (Wildman–Crippen MR) is 104 cm³/mol. The van der Waals surface area contributed by atoms with E-state index in [-0.39, 0.29) is 0 Å². The zero-order chi connectivity index (χ0) is 18.1. The number of nitrogens with one attached hydrogen (secondary N) is 2. The van der Waals surface area contributed by atoms with Crippen molar-refractivity contribution in [1.29, 1.82) is 0 Å². The summed E-state index contributed by atoms with van der Waals surface area (Å²) in [5.41, 5.74) is 1.89. The first kappa shape index (κ1) is 19.9. The predicted octanol–water partition coefficient (Wildman–Crippen LogP) is 4.28. The molecular formula is C19H24Cl2N2O2. The van der Waals surface area contributed by atoms with Gasteiger partial charge in [0.1, 0.15) is 6.61 Å². The summed E-state index contributed by atoms with van der Waals surface area (Å²) < 4.78 is 11.3. The van der Waals surface area contributed by atoms with Gasteiger partial charge in [-0.1, -0.05) is 41.4 Å². The maximum Gasteiger partial charge on any atom is 0.163 e. The SMILES string of the molecule is CNCCCNCc1cc(OC)c(OCc2ccccc2Cl)cc1Cl. The molecule has 4 nitrogen and oxygen atoms in total. The first-order valence-corrected chi connectivity index (χ1v) is 8.99. The quantitative estimate of drug-likeness (QED) is 0.601. The van der Waals surface area contributed by atoms with E-state index in [0.29, 0.717) is 34.7 Å². The summed E-state index contributed by atoms with van der Waals surface area (Å²) in [4.78, 5) is 0. The number of halogens is 2. The molecule has 25 heavy (non-hydrogen) atoms. The van der Waals surface area contributed by atoms with Crippen molar-refractivity contribution < 1.29 is 9.47 Å². The second kappa shape index (κ2) is 10.5. The highest BCUT2D eigenvalue weighted by Crippen LogP contribution is 2.34. The number of ether oxygens (including phenoxy) is 2. The van der Waals surface area contributed by atoms with Crippen molar-refractivity contribution in [3.8, 4) is 11.5 Å². The van der Waals surface area contributed by atoms with E-state index in [4.69, 9.17) is 32.7 Å². The Kier molecular flexibility index (Phi) is 8.35. The van der Waals surface area contributed by atoms with Crippen molar-refractivity contribution >= 4 is 23.2 Å².